The van der Waals surface area contributed by atoms with Crippen molar-refractivity contribution in [3.63, 3.8) is 0 Å². The third kappa shape index (κ3) is 6.58. The molecule has 0 aromatic rings. The van der Waals surface area contributed by atoms with Crippen LogP contribution in [0.15, 0.2) is 0 Å². The predicted molar refractivity (Wildman–Crippen MR) is 48.2 cm³/mol. The van der Waals surface area contributed by atoms with Gasteiger partial charge in [-0.1, -0.05) is 6.92 Å². The Labute approximate surface area is 74.7 Å². The molecule has 0 saturated carbocycles. The van der Waals surface area contributed by atoms with E-state index in [9.17, 15) is 5.11 Å². The fourth-order valence-corrected chi connectivity index (χ4v) is 1.14. The number of ether oxygens (including phenoxy) is 2. The van der Waals surface area contributed by atoms with E-state index < -0.39 is 0 Å². The highest BCUT2D eigenvalue weighted by Gasteiger charge is 2.09. The maximum atomic E-state index is 9.40. The van der Waals surface area contributed by atoms with Crippen LogP contribution in [0.5, 0.6) is 0 Å². The molecule has 0 fully saturated rings. The summed E-state index contributed by atoms with van der Waals surface area (Å²) in [4.78, 5) is 0. The average molecular weight is 176 g/mol. The first kappa shape index (κ1) is 11.9. The van der Waals surface area contributed by atoms with E-state index in [1.54, 1.807) is 7.11 Å². The fraction of sp³-hybridized carbons (Fsp3) is 1.00. The summed E-state index contributed by atoms with van der Waals surface area (Å²) >= 11 is 0. The van der Waals surface area contributed by atoms with E-state index in [0.29, 0.717) is 25.7 Å². The normalized spacial score (nSPS) is 16.0. The van der Waals surface area contributed by atoms with Crippen LogP contribution in [0.4, 0.5) is 0 Å². The molecule has 12 heavy (non-hydrogen) atoms. The molecule has 3 nitrogen and oxygen atoms in total. The monoisotopic (exact) mass is 176 g/mol. The molecule has 0 aromatic heterocycles. The van der Waals surface area contributed by atoms with Gasteiger partial charge in [-0.05, 0) is 19.3 Å². The van der Waals surface area contributed by atoms with Crippen molar-refractivity contribution in [2.24, 2.45) is 5.92 Å². The second kappa shape index (κ2) is 7.53. The number of rotatable bonds is 7. The van der Waals surface area contributed by atoms with Crippen LogP contribution >= 0.6 is 0 Å². The van der Waals surface area contributed by atoms with E-state index in [1.807, 2.05) is 6.92 Å². The molecule has 0 aliphatic carbocycles. The molecule has 2 atom stereocenters. The Kier molecular flexibility index (Phi) is 7.45. The number of aliphatic hydroxyl groups is 1. The highest BCUT2D eigenvalue weighted by molar-refractivity contribution is 4.59. The van der Waals surface area contributed by atoms with Gasteiger partial charge < -0.3 is 14.6 Å². The number of hydrogen-bond donors (Lipinski definition) is 1. The molecular weight excluding hydrogens is 156 g/mol. The number of hydrogen-bond acceptors (Lipinski definition) is 3. The molecule has 0 saturated heterocycles. The lowest BCUT2D eigenvalue weighted by atomic mass is 10.1. The Morgan fingerprint density at radius 3 is 2.50 bits per heavy atom. The molecule has 0 aliphatic rings. The summed E-state index contributed by atoms with van der Waals surface area (Å²) in [6, 6.07) is 0. The highest BCUT2D eigenvalue weighted by Crippen LogP contribution is 2.06. The van der Waals surface area contributed by atoms with Crippen molar-refractivity contribution >= 4 is 0 Å². The Hall–Kier alpha value is -0.120. The molecule has 0 amide bonds. The van der Waals surface area contributed by atoms with Gasteiger partial charge in [-0.3, -0.25) is 0 Å². The molecule has 74 valence electrons. The van der Waals surface area contributed by atoms with Gasteiger partial charge >= 0.3 is 0 Å². The fourth-order valence-electron chi connectivity index (χ4n) is 1.14. The van der Waals surface area contributed by atoms with Crippen LogP contribution in [0.25, 0.3) is 0 Å². The molecule has 0 heterocycles. The summed E-state index contributed by atoms with van der Waals surface area (Å²) in [5, 5.41) is 9.40. The van der Waals surface area contributed by atoms with E-state index in [2.05, 4.69) is 6.92 Å². The third-order valence-electron chi connectivity index (χ3n) is 1.64. The van der Waals surface area contributed by atoms with E-state index >= 15 is 0 Å². The van der Waals surface area contributed by atoms with Gasteiger partial charge in [0, 0.05) is 20.3 Å². The van der Waals surface area contributed by atoms with Crippen LogP contribution < -0.4 is 0 Å². The minimum Gasteiger partial charge on any atom is -0.391 e. The summed E-state index contributed by atoms with van der Waals surface area (Å²) in [7, 11) is 1.67. The zero-order valence-corrected chi connectivity index (χ0v) is 8.25. The maximum Gasteiger partial charge on any atom is 0.0777 e. The Balaban J connectivity index is 3.33. The maximum absolute atomic E-state index is 9.40. The second-order valence-corrected chi connectivity index (χ2v) is 3.11. The SMILES string of the molecule is CCOCC(O)CC(C)COC. The highest BCUT2D eigenvalue weighted by atomic mass is 16.5. The summed E-state index contributed by atoms with van der Waals surface area (Å²) in [5.74, 6) is 0.394. The standard InChI is InChI=1S/C9H20O3/c1-4-12-7-9(10)5-8(2)6-11-3/h8-10H,4-7H2,1-3H3. The van der Waals surface area contributed by atoms with Crippen molar-refractivity contribution in [1.29, 1.82) is 0 Å². The molecule has 0 spiro atoms. The van der Waals surface area contributed by atoms with Crippen LogP contribution in [-0.4, -0.2) is 38.1 Å². The van der Waals surface area contributed by atoms with Crippen LogP contribution in [0, 0.1) is 5.92 Å². The zero-order valence-electron chi connectivity index (χ0n) is 8.25. The molecule has 3 heteroatoms. The molecular formula is C9H20O3. The quantitative estimate of drug-likeness (QED) is 0.630. The molecule has 0 aliphatic heterocycles. The van der Waals surface area contributed by atoms with Crippen molar-refractivity contribution in [3.8, 4) is 0 Å². The summed E-state index contributed by atoms with van der Waals surface area (Å²) < 4.78 is 10.0. The van der Waals surface area contributed by atoms with Crippen molar-refractivity contribution in [2.75, 3.05) is 26.9 Å². The summed E-state index contributed by atoms with van der Waals surface area (Å²) in [5.41, 5.74) is 0. The first-order valence-corrected chi connectivity index (χ1v) is 4.45. The molecule has 0 rings (SSSR count). The smallest absolute Gasteiger partial charge is 0.0777 e. The Bertz CT molecular complexity index is 95.8. The van der Waals surface area contributed by atoms with E-state index in [-0.39, 0.29) is 6.10 Å². The average Bonchev–Trinajstić information content (AvgIpc) is 2.01. The predicted octanol–water partition coefficient (Wildman–Crippen LogP) is 1.06. The van der Waals surface area contributed by atoms with Crippen LogP contribution in [0.1, 0.15) is 20.3 Å². The summed E-state index contributed by atoms with van der Waals surface area (Å²) in [6.07, 6.45) is 0.392. The van der Waals surface area contributed by atoms with Gasteiger partial charge in [0.15, 0.2) is 0 Å². The minimum absolute atomic E-state index is 0.352. The Morgan fingerprint density at radius 1 is 1.33 bits per heavy atom. The van der Waals surface area contributed by atoms with Crippen LogP contribution in [0.3, 0.4) is 0 Å². The van der Waals surface area contributed by atoms with Gasteiger partial charge in [0.05, 0.1) is 12.7 Å². The van der Waals surface area contributed by atoms with E-state index in [4.69, 9.17) is 9.47 Å². The van der Waals surface area contributed by atoms with Gasteiger partial charge in [-0.15, -0.1) is 0 Å². The zero-order chi connectivity index (χ0) is 9.40. The van der Waals surface area contributed by atoms with Gasteiger partial charge in [0.25, 0.3) is 0 Å². The first-order valence-electron chi connectivity index (χ1n) is 4.45. The first-order chi connectivity index (χ1) is 5.70. The minimum atomic E-state index is -0.352. The number of methoxy groups -OCH3 is 1. The number of aliphatic hydroxyl groups excluding tert-OH is 1. The van der Waals surface area contributed by atoms with Crippen molar-refractivity contribution in [1.82, 2.24) is 0 Å². The third-order valence-corrected chi connectivity index (χ3v) is 1.64. The van der Waals surface area contributed by atoms with Gasteiger partial charge in [0.2, 0.25) is 0 Å². The van der Waals surface area contributed by atoms with Gasteiger partial charge in [0.1, 0.15) is 0 Å². The van der Waals surface area contributed by atoms with Crippen molar-refractivity contribution in [2.45, 2.75) is 26.4 Å². The lowest BCUT2D eigenvalue weighted by Gasteiger charge is -2.15. The van der Waals surface area contributed by atoms with Crippen LogP contribution in [0.2, 0.25) is 0 Å². The van der Waals surface area contributed by atoms with Gasteiger partial charge in [-0.25, -0.2) is 0 Å². The van der Waals surface area contributed by atoms with Gasteiger partial charge in [-0.2, -0.15) is 0 Å². The van der Waals surface area contributed by atoms with E-state index in [1.165, 1.54) is 0 Å². The molecule has 0 aromatic carbocycles. The Morgan fingerprint density at radius 2 is 2.00 bits per heavy atom. The largest absolute Gasteiger partial charge is 0.391 e. The van der Waals surface area contributed by atoms with Crippen molar-refractivity contribution < 1.29 is 14.6 Å². The molecule has 1 N–H and O–H groups in total. The molecule has 0 bridgehead atoms. The lowest BCUT2D eigenvalue weighted by Crippen LogP contribution is -2.20. The molecule has 0 radical (unpaired) electrons. The lowest BCUT2D eigenvalue weighted by molar-refractivity contribution is 0.0221. The molecule has 2 unspecified atom stereocenters. The second-order valence-electron chi connectivity index (χ2n) is 3.11. The topological polar surface area (TPSA) is 38.7 Å². The van der Waals surface area contributed by atoms with E-state index in [0.717, 1.165) is 6.42 Å². The summed E-state index contributed by atoms with van der Waals surface area (Å²) in [6.45, 7) is 5.77. The van der Waals surface area contributed by atoms with Crippen molar-refractivity contribution in [3.05, 3.63) is 0 Å². The van der Waals surface area contributed by atoms with Crippen LogP contribution in [-0.2, 0) is 9.47 Å².